The second-order valence-corrected chi connectivity index (χ2v) is 7.57. The van der Waals surface area contributed by atoms with E-state index in [9.17, 15) is 14.4 Å². The van der Waals surface area contributed by atoms with E-state index in [0.717, 1.165) is 30.4 Å². The smallest absolute Gasteiger partial charge is 0.321 e. The number of nitrogens with zero attached hydrogens (tertiary/aromatic N) is 3. The Labute approximate surface area is 157 Å². The van der Waals surface area contributed by atoms with Crippen molar-refractivity contribution >= 4 is 18.2 Å². The Morgan fingerprint density at radius 1 is 1.41 bits per heavy atom. The molecule has 0 radical (unpaired) electrons. The summed E-state index contributed by atoms with van der Waals surface area (Å²) in [5.74, 6) is -0.242. The van der Waals surface area contributed by atoms with Crippen LogP contribution in [0.4, 0.5) is 4.79 Å². The highest BCUT2D eigenvalue weighted by Gasteiger charge is 2.61. The molecule has 1 unspecified atom stereocenters. The van der Waals surface area contributed by atoms with Crippen LogP contribution in [0.5, 0.6) is 0 Å². The molecule has 1 aromatic heterocycles. The summed E-state index contributed by atoms with van der Waals surface area (Å²) in [6.07, 6.45) is 4.45. The van der Waals surface area contributed by atoms with Crippen LogP contribution in [0.15, 0.2) is 12.3 Å². The number of imide groups is 1. The van der Waals surface area contributed by atoms with E-state index in [1.54, 1.807) is 6.20 Å². The Hall–Kier alpha value is -2.39. The van der Waals surface area contributed by atoms with Crippen molar-refractivity contribution in [1.82, 2.24) is 31.0 Å². The van der Waals surface area contributed by atoms with Crippen LogP contribution in [0.3, 0.4) is 0 Å². The van der Waals surface area contributed by atoms with Gasteiger partial charge in [0.2, 0.25) is 0 Å². The Kier molecular flexibility index (Phi) is 4.65. The Morgan fingerprint density at radius 2 is 2.22 bits per heavy atom. The van der Waals surface area contributed by atoms with Crippen molar-refractivity contribution < 1.29 is 14.4 Å². The lowest BCUT2D eigenvalue weighted by Crippen LogP contribution is -2.66. The first kappa shape index (κ1) is 18.0. The number of rotatable bonds is 6. The lowest BCUT2D eigenvalue weighted by Gasteiger charge is -2.45. The van der Waals surface area contributed by atoms with E-state index in [0.29, 0.717) is 19.6 Å². The number of hydrogen-bond acceptors (Lipinski definition) is 7. The van der Waals surface area contributed by atoms with Crippen molar-refractivity contribution in [2.24, 2.45) is 5.92 Å². The summed E-state index contributed by atoms with van der Waals surface area (Å²) in [7, 11) is 0. The molecule has 3 atom stereocenters. The number of carbonyl (C=O) groups is 3. The summed E-state index contributed by atoms with van der Waals surface area (Å²) in [6, 6.07) is 1.02. The predicted octanol–water partition coefficient (Wildman–Crippen LogP) is -0.323. The van der Waals surface area contributed by atoms with E-state index in [1.165, 1.54) is 0 Å². The fourth-order valence-corrected chi connectivity index (χ4v) is 4.52. The zero-order valence-corrected chi connectivity index (χ0v) is 15.3. The highest BCUT2D eigenvalue weighted by Crippen LogP contribution is 2.45. The van der Waals surface area contributed by atoms with E-state index in [-0.39, 0.29) is 30.3 Å². The Morgan fingerprint density at radius 3 is 2.85 bits per heavy atom. The zero-order chi connectivity index (χ0) is 19.0. The molecule has 3 amide bonds. The number of aldehydes is 1. The summed E-state index contributed by atoms with van der Waals surface area (Å²) < 4.78 is 0. The predicted molar refractivity (Wildman–Crippen MR) is 95.7 cm³/mol. The Balaban J connectivity index is 1.64. The average molecular weight is 372 g/mol. The highest BCUT2D eigenvalue weighted by atomic mass is 16.2. The molecule has 9 heteroatoms. The van der Waals surface area contributed by atoms with Crippen LogP contribution >= 0.6 is 0 Å². The van der Waals surface area contributed by atoms with E-state index < -0.39 is 11.6 Å². The molecule has 4 rings (SSSR count). The summed E-state index contributed by atoms with van der Waals surface area (Å²) in [5.41, 5.74) is 0.879. The van der Waals surface area contributed by atoms with Crippen molar-refractivity contribution in [1.29, 1.82) is 0 Å². The minimum atomic E-state index is -1.03. The second kappa shape index (κ2) is 6.97. The van der Waals surface area contributed by atoms with Crippen LogP contribution in [0.25, 0.3) is 0 Å². The fourth-order valence-electron chi connectivity index (χ4n) is 4.52. The Bertz CT molecular complexity index is 767. The molecule has 1 aromatic rings. The normalized spacial score (nSPS) is 29.9. The maximum absolute atomic E-state index is 12.8. The first-order valence-corrected chi connectivity index (χ1v) is 9.39. The molecule has 2 saturated heterocycles. The van der Waals surface area contributed by atoms with E-state index in [4.69, 9.17) is 0 Å². The van der Waals surface area contributed by atoms with Crippen LogP contribution in [0.1, 0.15) is 36.6 Å². The third kappa shape index (κ3) is 3.10. The molecule has 1 saturated carbocycles. The summed E-state index contributed by atoms with van der Waals surface area (Å²) in [5, 5.41) is 17.0. The topological polar surface area (TPSA) is 116 Å². The fraction of sp³-hybridized carbons (Fsp3) is 0.611. The minimum absolute atomic E-state index is 0.0435. The second-order valence-electron chi connectivity index (χ2n) is 7.57. The van der Waals surface area contributed by atoms with Gasteiger partial charge in [0.25, 0.3) is 5.91 Å². The molecular weight excluding hydrogens is 348 g/mol. The molecule has 3 N–H and O–H groups in total. The number of urea groups is 1. The molecule has 3 fully saturated rings. The third-order valence-corrected chi connectivity index (χ3v) is 5.93. The number of hydrogen-bond donors (Lipinski definition) is 3. The van der Waals surface area contributed by atoms with Crippen molar-refractivity contribution in [2.45, 2.75) is 43.8 Å². The van der Waals surface area contributed by atoms with Crippen molar-refractivity contribution in [3.05, 3.63) is 23.5 Å². The van der Waals surface area contributed by atoms with Gasteiger partial charge < -0.3 is 15.4 Å². The summed E-state index contributed by atoms with van der Waals surface area (Å²) in [6.45, 7) is 3.97. The third-order valence-electron chi connectivity index (χ3n) is 5.93. The minimum Gasteiger partial charge on any atom is -0.321 e. The van der Waals surface area contributed by atoms with Gasteiger partial charge in [-0.25, -0.2) is 4.79 Å². The number of carbonyl (C=O) groups excluding carboxylic acids is 3. The van der Waals surface area contributed by atoms with Crippen LogP contribution < -0.4 is 16.0 Å². The molecule has 9 nitrogen and oxygen atoms in total. The van der Waals surface area contributed by atoms with Gasteiger partial charge in [-0.15, -0.1) is 0 Å². The maximum Gasteiger partial charge on any atom is 0.322 e. The van der Waals surface area contributed by atoms with Gasteiger partial charge in [-0.1, -0.05) is 0 Å². The van der Waals surface area contributed by atoms with Gasteiger partial charge in [-0.05, 0) is 37.3 Å². The monoisotopic (exact) mass is 372 g/mol. The molecule has 3 heterocycles. The lowest BCUT2D eigenvalue weighted by atomic mass is 9.81. The van der Waals surface area contributed by atoms with Crippen molar-refractivity contribution in [2.75, 3.05) is 19.6 Å². The van der Waals surface area contributed by atoms with E-state index in [1.807, 2.05) is 13.0 Å². The largest absolute Gasteiger partial charge is 0.322 e. The molecule has 0 aromatic carbocycles. The van der Waals surface area contributed by atoms with Crippen LogP contribution in [-0.4, -0.2) is 64.5 Å². The van der Waals surface area contributed by atoms with Crippen LogP contribution in [0.2, 0.25) is 0 Å². The zero-order valence-electron chi connectivity index (χ0n) is 15.3. The molecule has 144 valence electrons. The first-order valence-electron chi connectivity index (χ1n) is 9.39. The maximum atomic E-state index is 12.8. The summed E-state index contributed by atoms with van der Waals surface area (Å²) in [4.78, 5) is 38.4. The van der Waals surface area contributed by atoms with Crippen LogP contribution in [-0.2, 0) is 9.59 Å². The van der Waals surface area contributed by atoms with Gasteiger partial charge in [-0.2, -0.15) is 10.2 Å². The van der Waals surface area contributed by atoms with Crippen LogP contribution in [0, 0.1) is 12.8 Å². The van der Waals surface area contributed by atoms with Crippen molar-refractivity contribution in [3.8, 4) is 0 Å². The van der Waals surface area contributed by atoms with E-state index >= 15 is 0 Å². The van der Waals surface area contributed by atoms with Gasteiger partial charge in [0, 0.05) is 38.3 Å². The van der Waals surface area contributed by atoms with Gasteiger partial charge in [0.1, 0.15) is 11.8 Å². The molecule has 2 aliphatic heterocycles. The molecular formula is C18H24N6O3. The molecule has 0 bridgehead atoms. The average Bonchev–Trinajstić information content (AvgIpc) is 3.46. The molecule has 0 spiro atoms. The molecule has 3 aliphatic rings. The molecule has 27 heavy (non-hydrogen) atoms. The van der Waals surface area contributed by atoms with Gasteiger partial charge in [0.15, 0.2) is 0 Å². The number of aryl methyl sites for hydroxylation is 1. The number of nitrogens with one attached hydrogen (secondary N) is 3. The first-order chi connectivity index (χ1) is 13.1. The number of amides is 3. The SMILES string of the molecule is Cc1ccnnc1[C@@H]1CN([C@@H](CC=O)C2(C3CC3)NC(=O)NC2=O)CCN1. The molecule has 1 aliphatic carbocycles. The number of aromatic nitrogens is 2. The highest BCUT2D eigenvalue weighted by molar-refractivity contribution is 6.08. The quantitative estimate of drug-likeness (QED) is 0.463. The van der Waals surface area contributed by atoms with Gasteiger partial charge >= 0.3 is 6.03 Å². The lowest BCUT2D eigenvalue weighted by molar-refractivity contribution is -0.128. The van der Waals surface area contributed by atoms with E-state index in [2.05, 4.69) is 31.0 Å². The summed E-state index contributed by atoms with van der Waals surface area (Å²) >= 11 is 0. The number of piperazine rings is 1. The van der Waals surface area contributed by atoms with Crippen molar-refractivity contribution in [3.63, 3.8) is 0 Å². The van der Waals surface area contributed by atoms with Gasteiger partial charge in [-0.3, -0.25) is 15.0 Å². The van der Waals surface area contributed by atoms with Gasteiger partial charge in [0.05, 0.1) is 11.7 Å². The standard InChI is InChI=1S/C18H24N6O3/c1-11-4-6-20-23-15(11)13-10-24(8-7-19-13)14(5-9-25)18(12-2-3-12)16(26)21-17(27)22-18/h4,6,9,12-14,19H,2-3,5,7-8,10H2,1H3,(H2,21,22,26,27)/t13-,14-,18?/m0/s1.